The predicted molar refractivity (Wildman–Crippen MR) is 95.7 cm³/mol. The molecule has 1 N–H and O–H groups in total. The summed E-state index contributed by atoms with van der Waals surface area (Å²) in [5.74, 6) is -0.896. The SMILES string of the molecule is CCOc1ccccc1NC(=O)CN(C(C)=O)c1ccccc1C(F)(F)F. The molecule has 144 valence electrons. The summed E-state index contributed by atoms with van der Waals surface area (Å²) in [7, 11) is 0. The van der Waals surface area contributed by atoms with Gasteiger partial charge in [-0.2, -0.15) is 13.2 Å². The number of para-hydroxylation sites is 3. The Morgan fingerprint density at radius 3 is 2.33 bits per heavy atom. The molecule has 0 radical (unpaired) electrons. The molecule has 0 aliphatic rings. The molecule has 8 heteroatoms. The number of carbonyl (C=O) groups excluding carboxylic acids is 2. The van der Waals surface area contributed by atoms with E-state index in [1.165, 1.54) is 12.1 Å². The van der Waals surface area contributed by atoms with Crippen LogP contribution in [0.3, 0.4) is 0 Å². The van der Waals surface area contributed by atoms with Gasteiger partial charge in [0, 0.05) is 6.92 Å². The largest absolute Gasteiger partial charge is 0.492 e. The second-order valence-corrected chi connectivity index (χ2v) is 5.60. The summed E-state index contributed by atoms with van der Waals surface area (Å²) in [6.45, 7) is 2.70. The van der Waals surface area contributed by atoms with Gasteiger partial charge in [0.2, 0.25) is 11.8 Å². The van der Waals surface area contributed by atoms with Crippen LogP contribution in [-0.4, -0.2) is 25.0 Å². The number of nitrogens with one attached hydrogen (secondary N) is 1. The van der Waals surface area contributed by atoms with E-state index in [0.717, 1.165) is 24.0 Å². The molecule has 5 nitrogen and oxygen atoms in total. The molecule has 0 bridgehead atoms. The molecule has 2 amide bonds. The van der Waals surface area contributed by atoms with Gasteiger partial charge in [0.15, 0.2) is 0 Å². The molecular formula is C19H19F3N2O3. The monoisotopic (exact) mass is 380 g/mol. The molecule has 0 fully saturated rings. The smallest absolute Gasteiger partial charge is 0.418 e. The third-order valence-corrected chi connectivity index (χ3v) is 3.64. The molecule has 0 spiro atoms. The van der Waals surface area contributed by atoms with Crippen molar-refractivity contribution in [1.29, 1.82) is 0 Å². The van der Waals surface area contributed by atoms with Gasteiger partial charge in [0.05, 0.1) is 23.5 Å². The van der Waals surface area contributed by atoms with Gasteiger partial charge < -0.3 is 15.0 Å². The Balaban J connectivity index is 2.26. The number of nitrogens with zero attached hydrogens (tertiary/aromatic N) is 1. The fraction of sp³-hybridized carbons (Fsp3) is 0.263. The highest BCUT2D eigenvalue weighted by molar-refractivity contribution is 6.02. The van der Waals surface area contributed by atoms with Crippen LogP contribution in [0.4, 0.5) is 24.5 Å². The number of hydrogen-bond acceptors (Lipinski definition) is 3. The lowest BCUT2D eigenvalue weighted by atomic mass is 10.1. The van der Waals surface area contributed by atoms with Crippen LogP contribution in [0.2, 0.25) is 0 Å². The first kappa shape index (κ1) is 20.3. The molecule has 0 saturated carbocycles. The van der Waals surface area contributed by atoms with Crippen LogP contribution < -0.4 is 15.0 Å². The molecule has 2 rings (SSSR count). The molecule has 0 aliphatic carbocycles. The highest BCUT2D eigenvalue weighted by Gasteiger charge is 2.35. The van der Waals surface area contributed by atoms with Gasteiger partial charge in [-0.3, -0.25) is 9.59 Å². The Bertz CT molecular complexity index is 822. The van der Waals surface area contributed by atoms with Crippen molar-refractivity contribution in [2.75, 3.05) is 23.4 Å². The van der Waals surface area contributed by atoms with E-state index in [1.807, 2.05) is 0 Å². The first-order valence-corrected chi connectivity index (χ1v) is 8.20. The predicted octanol–water partition coefficient (Wildman–Crippen LogP) is 4.10. The number of anilines is 2. The topological polar surface area (TPSA) is 58.6 Å². The van der Waals surface area contributed by atoms with E-state index < -0.39 is 30.1 Å². The minimum atomic E-state index is -4.65. The quantitative estimate of drug-likeness (QED) is 0.821. The number of ether oxygens (including phenoxy) is 1. The molecular weight excluding hydrogens is 361 g/mol. The Morgan fingerprint density at radius 1 is 1.07 bits per heavy atom. The van der Waals surface area contributed by atoms with E-state index in [1.54, 1.807) is 31.2 Å². The fourth-order valence-corrected chi connectivity index (χ4v) is 2.50. The number of benzene rings is 2. The van der Waals surface area contributed by atoms with Crippen molar-refractivity contribution in [3.8, 4) is 5.75 Å². The van der Waals surface area contributed by atoms with E-state index in [-0.39, 0.29) is 5.69 Å². The molecule has 2 aromatic rings. The zero-order chi connectivity index (χ0) is 20.0. The van der Waals surface area contributed by atoms with E-state index >= 15 is 0 Å². The molecule has 0 aromatic heterocycles. The minimum absolute atomic E-state index is 0.370. The molecule has 0 saturated heterocycles. The molecule has 0 unspecified atom stereocenters. The lowest BCUT2D eigenvalue weighted by Crippen LogP contribution is -2.37. The highest BCUT2D eigenvalue weighted by atomic mass is 19.4. The van der Waals surface area contributed by atoms with Gasteiger partial charge in [-0.15, -0.1) is 0 Å². The van der Waals surface area contributed by atoms with E-state index in [2.05, 4.69) is 5.32 Å². The number of carbonyl (C=O) groups is 2. The van der Waals surface area contributed by atoms with Crippen LogP contribution in [0, 0.1) is 0 Å². The summed E-state index contributed by atoms with van der Waals surface area (Å²) in [6.07, 6.45) is -4.65. The van der Waals surface area contributed by atoms with Gasteiger partial charge in [-0.25, -0.2) is 0 Å². The average Bonchev–Trinajstić information content (AvgIpc) is 2.60. The lowest BCUT2D eigenvalue weighted by molar-refractivity contribution is -0.137. The number of alkyl halides is 3. The van der Waals surface area contributed by atoms with Crippen molar-refractivity contribution < 1.29 is 27.5 Å². The maximum atomic E-state index is 13.2. The Morgan fingerprint density at radius 2 is 1.70 bits per heavy atom. The van der Waals surface area contributed by atoms with Crippen LogP contribution in [0.25, 0.3) is 0 Å². The van der Waals surface area contributed by atoms with Gasteiger partial charge in [0.25, 0.3) is 0 Å². The maximum absolute atomic E-state index is 13.2. The standard InChI is InChI=1S/C19H19F3N2O3/c1-3-27-17-11-7-5-9-15(17)23-18(26)12-24(13(2)25)16-10-6-4-8-14(16)19(20,21)22/h4-11H,3,12H2,1-2H3,(H,23,26). The van der Waals surface area contributed by atoms with Crippen LogP contribution >= 0.6 is 0 Å². The molecule has 0 heterocycles. The van der Waals surface area contributed by atoms with Crippen molar-refractivity contribution in [2.45, 2.75) is 20.0 Å². The van der Waals surface area contributed by atoms with Crippen molar-refractivity contribution >= 4 is 23.2 Å². The maximum Gasteiger partial charge on any atom is 0.418 e. The molecule has 2 aromatic carbocycles. The fourth-order valence-electron chi connectivity index (χ4n) is 2.50. The average molecular weight is 380 g/mol. The van der Waals surface area contributed by atoms with Crippen molar-refractivity contribution in [3.63, 3.8) is 0 Å². The lowest BCUT2D eigenvalue weighted by Gasteiger charge is -2.24. The summed E-state index contributed by atoms with van der Waals surface area (Å²) in [5.41, 5.74) is -0.981. The van der Waals surface area contributed by atoms with Gasteiger partial charge in [-0.1, -0.05) is 24.3 Å². The van der Waals surface area contributed by atoms with Crippen molar-refractivity contribution in [3.05, 3.63) is 54.1 Å². The van der Waals surface area contributed by atoms with E-state index in [4.69, 9.17) is 4.74 Å². The van der Waals surface area contributed by atoms with Crippen LogP contribution in [0.15, 0.2) is 48.5 Å². The first-order valence-electron chi connectivity index (χ1n) is 8.20. The zero-order valence-electron chi connectivity index (χ0n) is 14.8. The summed E-state index contributed by atoms with van der Waals surface area (Å²) in [5, 5.41) is 2.57. The van der Waals surface area contributed by atoms with Gasteiger partial charge >= 0.3 is 6.18 Å². The number of hydrogen-bond donors (Lipinski definition) is 1. The minimum Gasteiger partial charge on any atom is -0.492 e. The molecule has 0 atom stereocenters. The van der Waals surface area contributed by atoms with Crippen LogP contribution in [0.1, 0.15) is 19.4 Å². The van der Waals surface area contributed by atoms with Crippen molar-refractivity contribution in [1.82, 2.24) is 0 Å². The second-order valence-electron chi connectivity index (χ2n) is 5.60. The molecule has 27 heavy (non-hydrogen) atoms. The normalized spacial score (nSPS) is 11.0. The van der Waals surface area contributed by atoms with E-state index in [0.29, 0.717) is 18.0 Å². The summed E-state index contributed by atoms with van der Waals surface area (Å²) in [4.78, 5) is 25.1. The zero-order valence-corrected chi connectivity index (χ0v) is 14.8. The molecule has 0 aliphatic heterocycles. The third kappa shape index (κ3) is 5.22. The summed E-state index contributed by atoms with van der Waals surface area (Å²) in [6, 6.07) is 11.3. The number of halogens is 3. The number of amides is 2. The van der Waals surface area contributed by atoms with Gasteiger partial charge in [0.1, 0.15) is 12.3 Å². The Labute approximate surface area is 154 Å². The van der Waals surface area contributed by atoms with E-state index in [9.17, 15) is 22.8 Å². The van der Waals surface area contributed by atoms with Crippen LogP contribution in [0.5, 0.6) is 5.75 Å². The summed E-state index contributed by atoms with van der Waals surface area (Å²) >= 11 is 0. The second kappa shape index (κ2) is 8.57. The Hall–Kier alpha value is -3.03. The van der Waals surface area contributed by atoms with Crippen molar-refractivity contribution in [2.24, 2.45) is 0 Å². The highest BCUT2D eigenvalue weighted by Crippen LogP contribution is 2.36. The van der Waals surface area contributed by atoms with Crippen LogP contribution in [-0.2, 0) is 15.8 Å². The van der Waals surface area contributed by atoms with Gasteiger partial charge in [-0.05, 0) is 31.2 Å². The third-order valence-electron chi connectivity index (χ3n) is 3.64. The Kier molecular flexibility index (Phi) is 6.44. The first-order chi connectivity index (χ1) is 12.7. The summed E-state index contributed by atoms with van der Waals surface area (Å²) < 4.78 is 45.1. The number of rotatable bonds is 6.